The van der Waals surface area contributed by atoms with Gasteiger partial charge in [0.15, 0.2) is 0 Å². The Morgan fingerprint density at radius 1 is 1.11 bits per heavy atom. The summed E-state index contributed by atoms with van der Waals surface area (Å²) in [5, 5.41) is 1.63. The highest BCUT2D eigenvalue weighted by Gasteiger charge is 2.25. The Balaban J connectivity index is 1.35. The number of imidazole rings is 1. The zero-order chi connectivity index (χ0) is 24.1. The van der Waals surface area contributed by atoms with Crippen molar-refractivity contribution >= 4 is 39.4 Å². The number of hydrogen-bond donors (Lipinski definition) is 1. The third-order valence-corrected chi connectivity index (χ3v) is 6.97. The second-order valence-electron chi connectivity index (χ2n) is 8.90. The molecule has 0 radical (unpaired) electrons. The van der Waals surface area contributed by atoms with Gasteiger partial charge in [-0.15, -0.1) is 0 Å². The predicted octanol–water partition coefficient (Wildman–Crippen LogP) is 6.20. The standard InChI is InChI=1S/C28H25ClN4O2/c1-3-33-25(15-20-5-4-6-22(29)27(20)33)28(34)32-11-12-35-26-10-8-18(13-21(26)16-32)19-7-9-23-24(14-19)31-17(2)30-23/h4-10,13-15H,3,11-12,16H2,1-2H3,(H,30,31). The van der Waals surface area contributed by atoms with Crippen LogP contribution in [-0.2, 0) is 13.1 Å². The number of para-hydroxylation sites is 1. The lowest BCUT2D eigenvalue weighted by molar-refractivity contribution is 0.0723. The van der Waals surface area contributed by atoms with Crippen LogP contribution in [0.2, 0.25) is 5.02 Å². The normalized spacial score (nSPS) is 13.6. The summed E-state index contributed by atoms with van der Waals surface area (Å²) < 4.78 is 8.03. The molecule has 3 heterocycles. The SMILES string of the molecule is CCn1c(C(=O)N2CCOc3ccc(-c4ccc5nc(C)[nH]c5c4)cc3C2)cc2cccc(Cl)c21. The fraction of sp³-hybridized carbons (Fsp3) is 0.214. The van der Waals surface area contributed by atoms with Crippen LogP contribution in [0.15, 0.2) is 60.7 Å². The minimum Gasteiger partial charge on any atom is -0.491 e. The van der Waals surface area contributed by atoms with Gasteiger partial charge in [0.25, 0.3) is 5.91 Å². The van der Waals surface area contributed by atoms with Gasteiger partial charge in [-0.05, 0) is 61.4 Å². The number of rotatable bonds is 3. The number of amides is 1. The first-order valence-corrected chi connectivity index (χ1v) is 12.2. The molecule has 1 aliphatic rings. The molecule has 3 aromatic carbocycles. The summed E-state index contributed by atoms with van der Waals surface area (Å²) in [7, 11) is 0. The summed E-state index contributed by atoms with van der Waals surface area (Å²) in [4.78, 5) is 23.4. The molecular formula is C28H25ClN4O2. The number of carbonyl (C=O) groups is 1. The number of ether oxygens (including phenoxy) is 1. The summed E-state index contributed by atoms with van der Waals surface area (Å²) in [5.74, 6) is 1.70. The van der Waals surface area contributed by atoms with Crippen molar-refractivity contribution in [3.63, 3.8) is 0 Å². The maximum atomic E-state index is 13.7. The number of nitrogens with zero attached hydrogens (tertiary/aromatic N) is 3. The number of aromatic nitrogens is 3. The summed E-state index contributed by atoms with van der Waals surface area (Å²) in [6, 6.07) is 20.1. The van der Waals surface area contributed by atoms with Crippen molar-refractivity contribution in [3.8, 4) is 16.9 Å². The predicted molar refractivity (Wildman–Crippen MR) is 139 cm³/mol. The van der Waals surface area contributed by atoms with Crippen LogP contribution in [0.4, 0.5) is 0 Å². The number of H-pyrrole nitrogens is 1. The second kappa shape index (κ2) is 8.47. The maximum absolute atomic E-state index is 13.7. The van der Waals surface area contributed by atoms with Crippen molar-refractivity contribution < 1.29 is 9.53 Å². The number of benzene rings is 3. The third-order valence-electron chi connectivity index (χ3n) is 6.67. The first-order chi connectivity index (χ1) is 17.0. The third kappa shape index (κ3) is 3.74. The first kappa shape index (κ1) is 21.7. The molecule has 0 fully saturated rings. The average Bonchev–Trinajstić information content (AvgIpc) is 3.35. The van der Waals surface area contributed by atoms with Crippen molar-refractivity contribution in [3.05, 3.63) is 82.8 Å². The van der Waals surface area contributed by atoms with E-state index in [1.165, 1.54) is 0 Å². The molecule has 35 heavy (non-hydrogen) atoms. The van der Waals surface area contributed by atoms with E-state index in [1.54, 1.807) is 0 Å². The van der Waals surface area contributed by atoms with Gasteiger partial charge in [0.05, 0.1) is 28.1 Å². The highest BCUT2D eigenvalue weighted by molar-refractivity contribution is 6.35. The van der Waals surface area contributed by atoms with Gasteiger partial charge in [0, 0.05) is 24.0 Å². The van der Waals surface area contributed by atoms with Crippen LogP contribution in [0.25, 0.3) is 33.1 Å². The molecule has 1 N–H and O–H groups in total. The van der Waals surface area contributed by atoms with E-state index in [9.17, 15) is 4.79 Å². The Morgan fingerprint density at radius 2 is 1.94 bits per heavy atom. The lowest BCUT2D eigenvalue weighted by atomic mass is 10.0. The van der Waals surface area contributed by atoms with Crippen molar-refractivity contribution in [1.82, 2.24) is 19.4 Å². The number of hydrogen-bond acceptors (Lipinski definition) is 3. The zero-order valence-corrected chi connectivity index (χ0v) is 20.4. The Kier molecular flexibility index (Phi) is 5.26. The monoisotopic (exact) mass is 484 g/mol. The summed E-state index contributed by atoms with van der Waals surface area (Å²) >= 11 is 6.48. The molecule has 0 saturated carbocycles. The molecule has 176 valence electrons. The number of aromatic amines is 1. The molecule has 0 atom stereocenters. The second-order valence-corrected chi connectivity index (χ2v) is 9.31. The van der Waals surface area contributed by atoms with E-state index in [4.69, 9.17) is 16.3 Å². The highest BCUT2D eigenvalue weighted by Crippen LogP contribution is 2.32. The molecule has 6 nitrogen and oxygen atoms in total. The molecular weight excluding hydrogens is 460 g/mol. The lowest BCUT2D eigenvalue weighted by Crippen LogP contribution is -2.33. The van der Waals surface area contributed by atoms with E-state index in [2.05, 4.69) is 34.2 Å². The number of fused-ring (bicyclic) bond motifs is 3. The van der Waals surface area contributed by atoms with Crippen molar-refractivity contribution in [2.24, 2.45) is 0 Å². The van der Waals surface area contributed by atoms with E-state index in [0.29, 0.717) is 37.0 Å². The van der Waals surface area contributed by atoms with Gasteiger partial charge in [-0.3, -0.25) is 4.79 Å². The number of halogens is 1. The van der Waals surface area contributed by atoms with Crippen LogP contribution in [0.1, 0.15) is 28.8 Å². The molecule has 0 bridgehead atoms. The molecule has 2 aromatic heterocycles. The molecule has 1 amide bonds. The lowest BCUT2D eigenvalue weighted by Gasteiger charge is -2.21. The van der Waals surface area contributed by atoms with E-state index in [1.807, 2.05) is 59.7 Å². The average molecular weight is 485 g/mol. The van der Waals surface area contributed by atoms with Gasteiger partial charge in [-0.2, -0.15) is 0 Å². The van der Waals surface area contributed by atoms with E-state index in [0.717, 1.165) is 50.2 Å². The minimum absolute atomic E-state index is 0.0182. The molecule has 0 unspecified atom stereocenters. The zero-order valence-electron chi connectivity index (χ0n) is 19.6. The number of aryl methyl sites for hydroxylation is 2. The van der Waals surface area contributed by atoms with E-state index in [-0.39, 0.29) is 5.91 Å². The number of nitrogens with one attached hydrogen (secondary N) is 1. The molecule has 0 aliphatic carbocycles. The fourth-order valence-electron chi connectivity index (χ4n) is 5.01. The molecule has 0 saturated heterocycles. The van der Waals surface area contributed by atoms with Crippen LogP contribution in [0.3, 0.4) is 0 Å². The van der Waals surface area contributed by atoms with Gasteiger partial charge >= 0.3 is 0 Å². The van der Waals surface area contributed by atoms with E-state index < -0.39 is 0 Å². The molecule has 0 spiro atoms. The largest absolute Gasteiger partial charge is 0.491 e. The maximum Gasteiger partial charge on any atom is 0.270 e. The molecule has 6 rings (SSSR count). The van der Waals surface area contributed by atoms with Crippen molar-refractivity contribution in [2.45, 2.75) is 26.9 Å². The van der Waals surface area contributed by atoms with Crippen LogP contribution >= 0.6 is 11.6 Å². The van der Waals surface area contributed by atoms with Crippen LogP contribution in [-0.4, -0.2) is 38.5 Å². The topological polar surface area (TPSA) is 63.1 Å². The minimum atomic E-state index is -0.0182. The van der Waals surface area contributed by atoms with Gasteiger partial charge in [-0.25, -0.2) is 4.98 Å². The van der Waals surface area contributed by atoms with Gasteiger partial charge < -0.3 is 19.2 Å². The molecule has 5 aromatic rings. The summed E-state index contributed by atoms with van der Waals surface area (Å²) in [6.45, 7) is 6.09. The first-order valence-electron chi connectivity index (χ1n) is 11.8. The Labute approximate surface area is 208 Å². The van der Waals surface area contributed by atoms with Gasteiger partial charge in [0.2, 0.25) is 0 Å². The Morgan fingerprint density at radius 3 is 2.80 bits per heavy atom. The summed E-state index contributed by atoms with van der Waals surface area (Å²) in [5.41, 5.74) is 6.67. The van der Waals surface area contributed by atoms with Gasteiger partial charge in [0.1, 0.15) is 23.9 Å². The smallest absolute Gasteiger partial charge is 0.270 e. The van der Waals surface area contributed by atoms with E-state index >= 15 is 0 Å². The van der Waals surface area contributed by atoms with Crippen molar-refractivity contribution in [2.75, 3.05) is 13.2 Å². The Bertz CT molecular complexity index is 1600. The quantitative estimate of drug-likeness (QED) is 0.331. The number of carbonyl (C=O) groups excluding carboxylic acids is 1. The Hall–Kier alpha value is -3.77. The summed E-state index contributed by atoms with van der Waals surface area (Å²) in [6.07, 6.45) is 0. The van der Waals surface area contributed by atoms with Crippen LogP contribution in [0.5, 0.6) is 5.75 Å². The molecule has 7 heteroatoms. The molecule has 1 aliphatic heterocycles. The van der Waals surface area contributed by atoms with Crippen LogP contribution < -0.4 is 4.74 Å². The van der Waals surface area contributed by atoms with Gasteiger partial charge in [-0.1, -0.05) is 35.9 Å². The van der Waals surface area contributed by atoms with Crippen molar-refractivity contribution in [1.29, 1.82) is 0 Å². The highest BCUT2D eigenvalue weighted by atomic mass is 35.5. The fourth-order valence-corrected chi connectivity index (χ4v) is 5.29. The van der Waals surface area contributed by atoms with Crippen LogP contribution in [0, 0.1) is 6.92 Å².